The molecule has 0 radical (unpaired) electrons. The molecule has 1 saturated carbocycles. The molecule has 1 aromatic heterocycles. The average molecular weight is 272 g/mol. The minimum Gasteiger partial charge on any atom is -0.396 e. The summed E-state index contributed by atoms with van der Waals surface area (Å²) in [6.07, 6.45) is 4.64. The van der Waals surface area contributed by atoms with Crippen molar-refractivity contribution in [3.63, 3.8) is 0 Å². The Labute approximate surface area is 106 Å². The molecule has 1 unspecified atom stereocenters. The maximum absolute atomic E-state index is 10.9. The molecule has 100 valence electrons. The van der Waals surface area contributed by atoms with E-state index in [4.69, 9.17) is 4.89 Å². The van der Waals surface area contributed by atoms with E-state index in [9.17, 15) is 9.67 Å². The predicted molar refractivity (Wildman–Crippen MR) is 66.6 cm³/mol. The molecule has 8 heteroatoms. The summed E-state index contributed by atoms with van der Waals surface area (Å²) < 4.78 is 10.9. The topological polar surface area (TPSA) is 108 Å². The van der Waals surface area contributed by atoms with E-state index in [0.717, 1.165) is 12.8 Å². The number of nitrogens with zero attached hydrogens (tertiary/aromatic N) is 3. The number of rotatable bonds is 5. The number of nitrogens with one attached hydrogen (secondary N) is 1. The first-order chi connectivity index (χ1) is 8.69. The van der Waals surface area contributed by atoms with Crippen LogP contribution in [0.5, 0.6) is 0 Å². The fourth-order valence-electron chi connectivity index (χ4n) is 2.52. The molecule has 1 aliphatic carbocycles. The Morgan fingerprint density at radius 2 is 2.00 bits per heavy atom. The lowest BCUT2D eigenvalue weighted by Crippen LogP contribution is -2.18. The quantitative estimate of drug-likeness (QED) is 0.654. The highest BCUT2D eigenvalue weighted by Crippen LogP contribution is 2.37. The van der Waals surface area contributed by atoms with Crippen LogP contribution in [-0.4, -0.2) is 43.8 Å². The summed E-state index contributed by atoms with van der Waals surface area (Å²) >= 11 is 0. The molecule has 2 rings (SSSR count). The molecule has 1 aliphatic rings. The van der Waals surface area contributed by atoms with E-state index in [-0.39, 0.29) is 30.6 Å². The van der Waals surface area contributed by atoms with Crippen LogP contribution in [0.2, 0.25) is 0 Å². The lowest BCUT2D eigenvalue weighted by Gasteiger charge is -2.14. The van der Waals surface area contributed by atoms with Gasteiger partial charge in [0.05, 0.1) is 0 Å². The molecular formula is C10H17N4O3P. The zero-order valence-corrected chi connectivity index (χ0v) is 10.9. The van der Waals surface area contributed by atoms with Crippen LogP contribution in [0.4, 0.5) is 5.95 Å². The van der Waals surface area contributed by atoms with Crippen LogP contribution < -0.4 is 5.32 Å². The van der Waals surface area contributed by atoms with Crippen LogP contribution in [0, 0.1) is 11.8 Å². The van der Waals surface area contributed by atoms with Gasteiger partial charge in [-0.15, -0.1) is 0 Å². The van der Waals surface area contributed by atoms with Gasteiger partial charge in [-0.25, -0.2) is 15.0 Å². The zero-order valence-electron chi connectivity index (χ0n) is 9.86. The van der Waals surface area contributed by atoms with Crippen molar-refractivity contribution in [2.45, 2.75) is 18.9 Å². The first-order valence-corrected chi connectivity index (χ1v) is 7.46. The first-order valence-electron chi connectivity index (χ1n) is 5.90. The van der Waals surface area contributed by atoms with Gasteiger partial charge in [0.15, 0.2) is 8.03 Å². The second-order valence-electron chi connectivity index (χ2n) is 4.58. The summed E-state index contributed by atoms with van der Waals surface area (Å²) in [4.78, 5) is 20.7. The van der Waals surface area contributed by atoms with E-state index in [1.165, 1.54) is 12.7 Å². The van der Waals surface area contributed by atoms with Gasteiger partial charge >= 0.3 is 0 Å². The van der Waals surface area contributed by atoms with E-state index in [0.29, 0.717) is 5.95 Å². The smallest absolute Gasteiger partial charge is 0.225 e. The van der Waals surface area contributed by atoms with Gasteiger partial charge in [0, 0.05) is 18.8 Å². The van der Waals surface area contributed by atoms with E-state index < -0.39 is 8.03 Å². The van der Waals surface area contributed by atoms with Crippen LogP contribution in [0.3, 0.4) is 0 Å². The molecule has 0 bridgehead atoms. The standard InChI is InChI=1S/C10H17N4O3P/c15-3-7-1-9(2-8(7)4-18(16)17)14-10-12-5-11-6-13-10/h5-9,15,18H,1-4H2,(H,16,17)(H,11,12,13,14)/t7-,8-,9-/m1/s1. The monoisotopic (exact) mass is 272 g/mol. The van der Waals surface area contributed by atoms with E-state index in [1.807, 2.05) is 0 Å². The Morgan fingerprint density at radius 3 is 2.61 bits per heavy atom. The molecule has 1 fully saturated rings. The van der Waals surface area contributed by atoms with E-state index >= 15 is 0 Å². The molecule has 7 nitrogen and oxygen atoms in total. The number of hydrogen-bond donors (Lipinski definition) is 3. The Kier molecular flexibility index (Phi) is 4.63. The maximum Gasteiger partial charge on any atom is 0.225 e. The minimum atomic E-state index is -2.49. The molecule has 0 aliphatic heterocycles. The Morgan fingerprint density at radius 1 is 1.33 bits per heavy atom. The molecule has 1 aromatic rings. The van der Waals surface area contributed by atoms with Crippen molar-refractivity contribution in [3.05, 3.63) is 12.7 Å². The maximum atomic E-state index is 10.9. The molecular weight excluding hydrogens is 255 g/mol. The highest BCUT2D eigenvalue weighted by molar-refractivity contribution is 7.38. The fraction of sp³-hybridized carbons (Fsp3) is 0.700. The van der Waals surface area contributed by atoms with Crippen molar-refractivity contribution in [1.29, 1.82) is 0 Å². The number of hydrogen-bond acceptors (Lipinski definition) is 6. The van der Waals surface area contributed by atoms with Crippen molar-refractivity contribution in [3.8, 4) is 0 Å². The summed E-state index contributed by atoms with van der Waals surface area (Å²) in [5.41, 5.74) is 0. The van der Waals surface area contributed by atoms with Crippen molar-refractivity contribution in [2.24, 2.45) is 11.8 Å². The number of aliphatic hydroxyl groups excluding tert-OH is 1. The SMILES string of the molecule is O=[PH](O)C[C@H]1C[C@H](Nc2ncncn2)C[C@@H]1CO. The van der Waals surface area contributed by atoms with E-state index in [1.54, 1.807) is 0 Å². The molecule has 0 spiro atoms. The Balaban J connectivity index is 1.94. The number of aliphatic hydroxyl groups is 1. The van der Waals surface area contributed by atoms with Crippen molar-refractivity contribution < 1.29 is 14.6 Å². The molecule has 0 aromatic carbocycles. The predicted octanol–water partition coefficient (Wildman–Crippen LogP) is 0.138. The van der Waals surface area contributed by atoms with E-state index in [2.05, 4.69) is 20.3 Å². The highest BCUT2D eigenvalue weighted by atomic mass is 31.1. The van der Waals surface area contributed by atoms with Gasteiger partial charge < -0.3 is 15.3 Å². The lowest BCUT2D eigenvalue weighted by atomic mass is 9.99. The summed E-state index contributed by atoms with van der Waals surface area (Å²) in [5.74, 6) is 0.667. The second kappa shape index (κ2) is 6.22. The third kappa shape index (κ3) is 3.48. The van der Waals surface area contributed by atoms with Gasteiger partial charge in [-0.3, -0.25) is 4.57 Å². The third-order valence-electron chi connectivity index (χ3n) is 3.34. The van der Waals surface area contributed by atoms with Crippen LogP contribution >= 0.6 is 8.03 Å². The van der Waals surface area contributed by atoms with Crippen molar-refractivity contribution in [2.75, 3.05) is 18.1 Å². The van der Waals surface area contributed by atoms with Crippen LogP contribution in [0.25, 0.3) is 0 Å². The number of aromatic nitrogens is 3. The summed E-state index contributed by atoms with van der Waals surface area (Å²) in [6.45, 7) is 0.0508. The highest BCUT2D eigenvalue weighted by Gasteiger charge is 2.34. The normalized spacial score (nSPS) is 29.1. The molecule has 1 heterocycles. The summed E-state index contributed by atoms with van der Waals surface area (Å²) in [7, 11) is -2.49. The van der Waals surface area contributed by atoms with Crippen LogP contribution in [0.15, 0.2) is 12.7 Å². The minimum absolute atomic E-state index is 0.0508. The molecule has 0 saturated heterocycles. The average Bonchev–Trinajstić information content (AvgIpc) is 2.71. The van der Waals surface area contributed by atoms with Gasteiger partial charge in [0.1, 0.15) is 12.7 Å². The second-order valence-corrected chi connectivity index (χ2v) is 5.77. The van der Waals surface area contributed by atoms with Gasteiger partial charge in [0.2, 0.25) is 5.95 Å². The van der Waals surface area contributed by atoms with Gasteiger partial charge in [-0.2, -0.15) is 0 Å². The van der Waals surface area contributed by atoms with Crippen molar-refractivity contribution in [1.82, 2.24) is 15.0 Å². The first kappa shape index (κ1) is 13.4. The molecule has 4 atom stereocenters. The Bertz CT molecular complexity index is 405. The van der Waals surface area contributed by atoms with Crippen molar-refractivity contribution >= 4 is 14.0 Å². The van der Waals surface area contributed by atoms with Gasteiger partial charge in [0.25, 0.3) is 0 Å². The van der Waals surface area contributed by atoms with Crippen LogP contribution in [0.1, 0.15) is 12.8 Å². The largest absolute Gasteiger partial charge is 0.396 e. The fourth-order valence-corrected chi connectivity index (χ4v) is 3.47. The lowest BCUT2D eigenvalue weighted by molar-refractivity contribution is 0.201. The molecule has 3 N–H and O–H groups in total. The zero-order chi connectivity index (χ0) is 13.0. The number of anilines is 1. The van der Waals surface area contributed by atoms with Crippen LogP contribution in [-0.2, 0) is 4.57 Å². The van der Waals surface area contributed by atoms with Gasteiger partial charge in [-0.1, -0.05) is 0 Å². The summed E-state index contributed by atoms with van der Waals surface area (Å²) in [5, 5.41) is 12.5. The Hall–Kier alpha value is -1.04. The summed E-state index contributed by atoms with van der Waals surface area (Å²) in [6, 6.07) is 0.135. The third-order valence-corrected chi connectivity index (χ3v) is 4.21. The molecule has 18 heavy (non-hydrogen) atoms. The van der Waals surface area contributed by atoms with Gasteiger partial charge in [-0.05, 0) is 24.7 Å². The molecule has 0 amide bonds.